The van der Waals surface area contributed by atoms with Crippen molar-refractivity contribution in [2.45, 2.75) is 69.2 Å². The van der Waals surface area contributed by atoms with Gasteiger partial charge in [0.05, 0.1) is 0 Å². The number of rotatable bonds is 2. The summed E-state index contributed by atoms with van der Waals surface area (Å²) in [5.41, 5.74) is 11.8. The molecule has 0 spiro atoms. The number of amides is 1. The molecule has 0 bridgehead atoms. The van der Waals surface area contributed by atoms with Gasteiger partial charge in [-0.15, -0.1) is 0 Å². The van der Waals surface area contributed by atoms with Crippen LogP contribution in [0.1, 0.15) is 44.9 Å². The molecule has 1 amide bonds. The van der Waals surface area contributed by atoms with Crippen LogP contribution in [0.4, 0.5) is 13.2 Å². The third-order valence-electron chi connectivity index (χ3n) is 4.23. The predicted molar refractivity (Wildman–Crippen MR) is 77.4 cm³/mol. The molecule has 0 radical (unpaired) electrons. The van der Waals surface area contributed by atoms with Gasteiger partial charge in [0.25, 0.3) is 0 Å². The normalized spacial score (nSPS) is 31.0. The molecule has 4 atom stereocenters. The Bertz CT molecular complexity index is 418. The highest BCUT2D eigenvalue weighted by atomic mass is 19.4. The molecule has 2 saturated carbocycles. The number of halogens is 3. The molecule has 2 aliphatic carbocycles. The molecule has 0 aromatic heterocycles. The molecule has 0 heterocycles. The fraction of sp³-hybridized carbons (Fsp3) is 0.857. The Balaban J connectivity index is 0.000000322. The number of carbonyl (C=O) groups is 2. The van der Waals surface area contributed by atoms with E-state index in [1.54, 1.807) is 0 Å². The molecule has 0 aromatic carbocycles. The highest BCUT2D eigenvalue weighted by Gasteiger charge is 2.38. The third-order valence-corrected chi connectivity index (χ3v) is 4.23. The van der Waals surface area contributed by atoms with Crippen molar-refractivity contribution in [2.24, 2.45) is 17.4 Å². The van der Waals surface area contributed by atoms with Crippen molar-refractivity contribution >= 4 is 11.9 Å². The Kier molecular flexibility index (Phi) is 7.27. The molecule has 0 aliphatic heterocycles. The zero-order valence-corrected chi connectivity index (χ0v) is 12.8. The van der Waals surface area contributed by atoms with Gasteiger partial charge in [-0.2, -0.15) is 13.2 Å². The topological polar surface area (TPSA) is 118 Å². The molecular formula is C14H24F3N3O3. The second-order valence-corrected chi connectivity index (χ2v) is 6.14. The summed E-state index contributed by atoms with van der Waals surface area (Å²) in [6, 6.07) is 0.557. The van der Waals surface area contributed by atoms with Crippen LogP contribution in [0.3, 0.4) is 0 Å². The fourth-order valence-electron chi connectivity index (χ4n) is 2.89. The minimum absolute atomic E-state index is 0.129. The van der Waals surface area contributed by atoms with Crippen LogP contribution in [-0.2, 0) is 9.59 Å². The first-order chi connectivity index (χ1) is 10.6. The summed E-state index contributed by atoms with van der Waals surface area (Å²) in [6.45, 7) is 0. The number of hydrogen-bond donors (Lipinski definition) is 4. The fourth-order valence-corrected chi connectivity index (χ4v) is 2.89. The Morgan fingerprint density at radius 3 is 2.04 bits per heavy atom. The largest absolute Gasteiger partial charge is 0.490 e. The molecule has 0 aromatic rings. The van der Waals surface area contributed by atoms with Crippen molar-refractivity contribution < 1.29 is 27.9 Å². The van der Waals surface area contributed by atoms with Gasteiger partial charge >= 0.3 is 12.1 Å². The van der Waals surface area contributed by atoms with Crippen molar-refractivity contribution in [1.82, 2.24) is 5.32 Å². The van der Waals surface area contributed by atoms with Crippen LogP contribution in [0.2, 0.25) is 0 Å². The summed E-state index contributed by atoms with van der Waals surface area (Å²) < 4.78 is 31.7. The van der Waals surface area contributed by atoms with Crippen LogP contribution >= 0.6 is 0 Å². The molecule has 6 nitrogen and oxygen atoms in total. The molecule has 0 saturated heterocycles. The van der Waals surface area contributed by atoms with E-state index in [4.69, 9.17) is 21.4 Å². The maximum absolute atomic E-state index is 12.0. The molecule has 0 unspecified atom stereocenters. The van der Waals surface area contributed by atoms with E-state index in [9.17, 15) is 18.0 Å². The molecule has 134 valence electrons. The lowest BCUT2D eigenvalue weighted by Gasteiger charge is -2.30. The second kappa shape index (κ2) is 8.49. The van der Waals surface area contributed by atoms with E-state index in [0.717, 1.165) is 32.1 Å². The van der Waals surface area contributed by atoms with E-state index < -0.39 is 12.1 Å². The van der Waals surface area contributed by atoms with Crippen LogP contribution < -0.4 is 16.8 Å². The average Bonchev–Trinajstić information content (AvgIpc) is 2.88. The molecular weight excluding hydrogens is 315 g/mol. The Morgan fingerprint density at radius 1 is 1.04 bits per heavy atom. The SMILES string of the molecule is N[C@H]1CC[C@@H](C(=O)N[C@H]2CCCC[C@@H]2N)C1.O=C(O)C(F)(F)F. The van der Waals surface area contributed by atoms with E-state index in [0.29, 0.717) is 0 Å². The summed E-state index contributed by atoms with van der Waals surface area (Å²) in [5.74, 6) is -2.45. The zero-order valence-electron chi connectivity index (χ0n) is 12.8. The minimum Gasteiger partial charge on any atom is -0.475 e. The predicted octanol–water partition coefficient (Wildman–Crippen LogP) is 1.13. The third kappa shape index (κ3) is 6.74. The van der Waals surface area contributed by atoms with E-state index in [2.05, 4.69) is 5.32 Å². The van der Waals surface area contributed by atoms with Crippen molar-refractivity contribution in [1.29, 1.82) is 0 Å². The lowest BCUT2D eigenvalue weighted by molar-refractivity contribution is -0.192. The maximum atomic E-state index is 12.0. The number of hydrogen-bond acceptors (Lipinski definition) is 4. The summed E-state index contributed by atoms with van der Waals surface area (Å²) in [7, 11) is 0. The highest BCUT2D eigenvalue weighted by Crippen LogP contribution is 2.25. The van der Waals surface area contributed by atoms with Crippen molar-refractivity contribution in [3.05, 3.63) is 0 Å². The number of carboxylic acids is 1. The summed E-state index contributed by atoms with van der Waals surface area (Å²) >= 11 is 0. The Labute approximate surface area is 132 Å². The quantitative estimate of drug-likeness (QED) is 0.601. The van der Waals surface area contributed by atoms with E-state index >= 15 is 0 Å². The molecule has 23 heavy (non-hydrogen) atoms. The van der Waals surface area contributed by atoms with Crippen LogP contribution in [0.15, 0.2) is 0 Å². The van der Waals surface area contributed by atoms with Gasteiger partial charge in [-0.25, -0.2) is 4.79 Å². The van der Waals surface area contributed by atoms with Gasteiger partial charge in [-0.05, 0) is 32.1 Å². The number of nitrogens with one attached hydrogen (secondary N) is 1. The molecule has 2 fully saturated rings. The lowest BCUT2D eigenvalue weighted by atomic mass is 9.90. The monoisotopic (exact) mass is 339 g/mol. The number of carboxylic acid groups (broad SMARTS) is 1. The van der Waals surface area contributed by atoms with E-state index in [-0.39, 0.29) is 30.0 Å². The molecule has 6 N–H and O–H groups in total. The van der Waals surface area contributed by atoms with Gasteiger partial charge in [0, 0.05) is 24.0 Å². The van der Waals surface area contributed by atoms with Crippen molar-refractivity contribution in [3.63, 3.8) is 0 Å². The smallest absolute Gasteiger partial charge is 0.475 e. The van der Waals surface area contributed by atoms with Gasteiger partial charge < -0.3 is 21.9 Å². The lowest BCUT2D eigenvalue weighted by Crippen LogP contribution is -2.50. The molecule has 9 heteroatoms. The summed E-state index contributed by atoms with van der Waals surface area (Å²) in [6.07, 6.45) is 2.13. The van der Waals surface area contributed by atoms with Gasteiger partial charge in [0.15, 0.2) is 0 Å². The van der Waals surface area contributed by atoms with Gasteiger partial charge in [-0.1, -0.05) is 12.8 Å². The number of carbonyl (C=O) groups excluding carboxylic acids is 1. The Hall–Kier alpha value is -1.35. The Morgan fingerprint density at radius 2 is 1.61 bits per heavy atom. The first-order valence-corrected chi connectivity index (χ1v) is 7.73. The summed E-state index contributed by atoms with van der Waals surface area (Å²) in [4.78, 5) is 20.9. The van der Waals surface area contributed by atoms with Gasteiger partial charge in [-0.3, -0.25) is 4.79 Å². The first-order valence-electron chi connectivity index (χ1n) is 7.73. The second-order valence-electron chi connectivity index (χ2n) is 6.14. The zero-order chi connectivity index (χ0) is 17.6. The number of nitrogens with two attached hydrogens (primary N) is 2. The standard InChI is InChI=1S/C12H23N3O.C2HF3O2/c13-9-6-5-8(7-9)12(16)15-11-4-2-1-3-10(11)14;3-2(4,5)1(6)7/h8-11H,1-7,13-14H2,(H,15,16);(H,6,7)/t8-,9+,10+,11+;/m1./s1. The maximum Gasteiger partial charge on any atom is 0.490 e. The summed E-state index contributed by atoms with van der Waals surface area (Å²) in [5, 5.41) is 10.2. The van der Waals surface area contributed by atoms with Crippen LogP contribution in [0, 0.1) is 5.92 Å². The number of alkyl halides is 3. The minimum atomic E-state index is -5.08. The van der Waals surface area contributed by atoms with Crippen molar-refractivity contribution in [3.8, 4) is 0 Å². The number of aliphatic carboxylic acids is 1. The first kappa shape index (κ1) is 19.7. The average molecular weight is 339 g/mol. The van der Waals surface area contributed by atoms with Crippen LogP contribution in [-0.4, -0.2) is 41.3 Å². The molecule has 2 rings (SSSR count). The van der Waals surface area contributed by atoms with Crippen LogP contribution in [0.25, 0.3) is 0 Å². The van der Waals surface area contributed by atoms with Crippen LogP contribution in [0.5, 0.6) is 0 Å². The van der Waals surface area contributed by atoms with E-state index in [1.165, 1.54) is 12.8 Å². The van der Waals surface area contributed by atoms with Gasteiger partial charge in [0.1, 0.15) is 0 Å². The highest BCUT2D eigenvalue weighted by molar-refractivity contribution is 5.79. The van der Waals surface area contributed by atoms with Gasteiger partial charge in [0.2, 0.25) is 5.91 Å². The van der Waals surface area contributed by atoms with Crippen molar-refractivity contribution in [2.75, 3.05) is 0 Å². The van der Waals surface area contributed by atoms with E-state index in [1.807, 2.05) is 0 Å². The molecule has 2 aliphatic rings.